The Balaban J connectivity index is 1.66. The molecule has 0 spiro atoms. The summed E-state index contributed by atoms with van der Waals surface area (Å²) in [5, 5.41) is 10.9. The number of ether oxygens (including phenoxy) is 2. The van der Waals surface area contributed by atoms with Crippen molar-refractivity contribution in [3.05, 3.63) is 75.8 Å². The van der Waals surface area contributed by atoms with Crippen molar-refractivity contribution in [2.75, 3.05) is 0 Å². The zero-order valence-electron chi connectivity index (χ0n) is 13.8. The van der Waals surface area contributed by atoms with Gasteiger partial charge in [0.15, 0.2) is 5.78 Å². The van der Waals surface area contributed by atoms with E-state index in [1.165, 1.54) is 12.1 Å². The molecule has 130 valence electrons. The molecule has 3 atom stereocenters. The summed E-state index contributed by atoms with van der Waals surface area (Å²) in [6.45, 7) is 2.13. The van der Waals surface area contributed by atoms with Crippen LogP contribution in [0.2, 0.25) is 0 Å². The van der Waals surface area contributed by atoms with Gasteiger partial charge in [-0.25, -0.2) is 0 Å². The molecular weight excluding hydrogens is 322 g/mol. The highest BCUT2D eigenvalue weighted by Crippen LogP contribution is 2.32. The van der Waals surface area contributed by atoms with Gasteiger partial charge in [0, 0.05) is 18.6 Å². The summed E-state index contributed by atoms with van der Waals surface area (Å²) in [4.78, 5) is 22.9. The van der Waals surface area contributed by atoms with Gasteiger partial charge in [-0.15, -0.1) is 0 Å². The van der Waals surface area contributed by atoms with Crippen molar-refractivity contribution in [1.82, 2.24) is 0 Å². The normalized spacial score (nSPS) is 23.4. The van der Waals surface area contributed by atoms with Crippen LogP contribution in [0, 0.1) is 10.1 Å². The zero-order chi connectivity index (χ0) is 17.8. The van der Waals surface area contributed by atoms with Gasteiger partial charge in [0.25, 0.3) is 5.69 Å². The lowest BCUT2D eigenvalue weighted by atomic mass is 9.95. The number of nitrogens with zero attached hydrogens (tertiary/aromatic N) is 1. The van der Waals surface area contributed by atoms with Gasteiger partial charge in [-0.3, -0.25) is 14.9 Å². The summed E-state index contributed by atoms with van der Waals surface area (Å²) < 4.78 is 11.7. The standard InChI is InChI=1S/C19H19NO5/c1-13-19(24-12-14-6-3-2-4-7-14)17(21)11-18(25-13)15-8-5-9-16(10-15)20(22)23/h2-10,13,18-19H,11-12H2,1H3/t13-,18+,19-/m0/s1. The van der Waals surface area contributed by atoms with Gasteiger partial charge in [0.1, 0.15) is 6.10 Å². The fourth-order valence-corrected chi connectivity index (χ4v) is 2.96. The third kappa shape index (κ3) is 4.10. The predicted octanol–water partition coefficient (Wildman–Crippen LogP) is 3.60. The van der Waals surface area contributed by atoms with Crippen LogP contribution in [0.3, 0.4) is 0 Å². The van der Waals surface area contributed by atoms with Crippen LogP contribution in [0.4, 0.5) is 5.69 Å². The number of rotatable bonds is 5. The molecule has 1 fully saturated rings. The maximum Gasteiger partial charge on any atom is 0.269 e. The minimum Gasteiger partial charge on any atom is -0.367 e. The summed E-state index contributed by atoms with van der Waals surface area (Å²) in [5.74, 6) is -0.0498. The Bertz CT molecular complexity index is 761. The van der Waals surface area contributed by atoms with Crippen LogP contribution in [0.25, 0.3) is 0 Å². The molecule has 2 aromatic rings. The largest absolute Gasteiger partial charge is 0.367 e. The molecule has 25 heavy (non-hydrogen) atoms. The van der Waals surface area contributed by atoms with Crippen molar-refractivity contribution in [3.63, 3.8) is 0 Å². The van der Waals surface area contributed by atoms with Gasteiger partial charge >= 0.3 is 0 Å². The predicted molar refractivity (Wildman–Crippen MR) is 91.0 cm³/mol. The number of ketones is 1. The fourth-order valence-electron chi connectivity index (χ4n) is 2.96. The first-order valence-corrected chi connectivity index (χ1v) is 8.12. The number of nitro benzene ring substituents is 1. The van der Waals surface area contributed by atoms with Crippen molar-refractivity contribution in [2.45, 2.75) is 38.3 Å². The molecule has 0 saturated carbocycles. The monoisotopic (exact) mass is 341 g/mol. The average Bonchev–Trinajstić information content (AvgIpc) is 2.62. The minimum atomic E-state index is -0.629. The summed E-state index contributed by atoms with van der Waals surface area (Å²) in [5.41, 5.74) is 1.61. The summed E-state index contributed by atoms with van der Waals surface area (Å²) in [6.07, 6.45) is -1.39. The Morgan fingerprint density at radius 3 is 2.64 bits per heavy atom. The number of Topliss-reactive ketones (excluding diaryl/α,β-unsaturated/α-hetero) is 1. The van der Waals surface area contributed by atoms with Gasteiger partial charge in [0.2, 0.25) is 0 Å². The molecular formula is C19H19NO5. The molecule has 0 radical (unpaired) electrons. The van der Waals surface area contributed by atoms with Crippen LogP contribution in [-0.4, -0.2) is 22.9 Å². The van der Waals surface area contributed by atoms with Crippen LogP contribution in [-0.2, 0) is 20.9 Å². The second-order valence-electron chi connectivity index (χ2n) is 6.07. The first kappa shape index (κ1) is 17.3. The van der Waals surface area contributed by atoms with Crippen molar-refractivity contribution in [2.24, 2.45) is 0 Å². The van der Waals surface area contributed by atoms with Crippen LogP contribution in [0.5, 0.6) is 0 Å². The summed E-state index contributed by atoms with van der Waals surface area (Å²) in [7, 11) is 0. The lowest BCUT2D eigenvalue weighted by Crippen LogP contribution is -2.42. The molecule has 0 unspecified atom stereocenters. The quantitative estimate of drug-likeness (QED) is 0.613. The molecule has 1 saturated heterocycles. The maximum atomic E-state index is 12.5. The molecule has 1 aliphatic heterocycles. The molecule has 0 aliphatic carbocycles. The number of hydrogen-bond acceptors (Lipinski definition) is 5. The average molecular weight is 341 g/mol. The molecule has 1 heterocycles. The number of benzene rings is 2. The number of carbonyl (C=O) groups is 1. The lowest BCUT2D eigenvalue weighted by Gasteiger charge is -2.33. The number of hydrogen-bond donors (Lipinski definition) is 0. The number of non-ortho nitro benzene ring substituents is 1. The Morgan fingerprint density at radius 2 is 1.96 bits per heavy atom. The Labute approximate surface area is 145 Å². The van der Waals surface area contributed by atoms with E-state index in [-0.39, 0.29) is 17.9 Å². The van der Waals surface area contributed by atoms with Gasteiger partial charge < -0.3 is 9.47 Å². The highest BCUT2D eigenvalue weighted by molar-refractivity contribution is 5.85. The fraction of sp³-hybridized carbons (Fsp3) is 0.316. The molecule has 0 N–H and O–H groups in total. The van der Waals surface area contributed by atoms with E-state index in [0.29, 0.717) is 12.2 Å². The molecule has 0 bridgehead atoms. The van der Waals surface area contributed by atoms with E-state index in [2.05, 4.69) is 0 Å². The third-order valence-corrected chi connectivity index (χ3v) is 4.23. The second-order valence-corrected chi connectivity index (χ2v) is 6.07. The van der Waals surface area contributed by atoms with Crippen LogP contribution in [0.15, 0.2) is 54.6 Å². The maximum absolute atomic E-state index is 12.5. The Hall–Kier alpha value is -2.57. The molecule has 2 aromatic carbocycles. The van der Waals surface area contributed by atoms with E-state index < -0.39 is 23.2 Å². The second kappa shape index (κ2) is 7.55. The van der Waals surface area contributed by atoms with Crippen LogP contribution >= 0.6 is 0 Å². The highest BCUT2D eigenvalue weighted by atomic mass is 16.6. The van der Waals surface area contributed by atoms with E-state index in [9.17, 15) is 14.9 Å². The summed E-state index contributed by atoms with van der Waals surface area (Å²) in [6, 6.07) is 15.8. The van der Waals surface area contributed by atoms with E-state index in [0.717, 1.165) is 5.56 Å². The molecule has 0 aromatic heterocycles. The Morgan fingerprint density at radius 1 is 1.20 bits per heavy atom. The smallest absolute Gasteiger partial charge is 0.269 e. The van der Waals surface area contributed by atoms with Gasteiger partial charge in [-0.2, -0.15) is 0 Å². The van der Waals surface area contributed by atoms with E-state index in [1.54, 1.807) is 19.1 Å². The van der Waals surface area contributed by atoms with E-state index in [1.807, 2.05) is 30.3 Å². The van der Waals surface area contributed by atoms with Crippen molar-refractivity contribution in [3.8, 4) is 0 Å². The Kier molecular flexibility index (Phi) is 5.21. The van der Waals surface area contributed by atoms with Crippen molar-refractivity contribution >= 4 is 11.5 Å². The first-order chi connectivity index (χ1) is 12.0. The number of nitro groups is 1. The van der Waals surface area contributed by atoms with Crippen LogP contribution < -0.4 is 0 Å². The lowest BCUT2D eigenvalue weighted by molar-refractivity contribution is -0.385. The molecule has 6 nitrogen and oxygen atoms in total. The van der Waals surface area contributed by atoms with Gasteiger partial charge in [-0.1, -0.05) is 42.5 Å². The molecule has 1 aliphatic rings. The molecule has 3 rings (SSSR count). The van der Waals surface area contributed by atoms with E-state index >= 15 is 0 Å². The third-order valence-electron chi connectivity index (χ3n) is 4.23. The SMILES string of the molecule is C[C@@H]1O[C@@H](c2cccc([N+](=O)[O-])c2)CC(=O)[C@H]1OCc1ccccc1. The van der Waals surface area contributed by atoms with Crippen molar-refractivity contribution in [1.29, 1.82) is 0 Å². The minimum absolute atomic E-state index is 0.0105. The van der Waals surface area contributed by atoms with Gasteiger partial charge in [0.05, 0.1) is 23.7 Å². The van der Waals surface area contributed by atoms with Crippen LogP contribution in [0.1, 0.15) is 30.6 Å². The number of carbonyl (C=O) groups excluding carboxylic acids is 1. The molecule has 6 heteroatoms. The highest BCUT2D eigenvalue weighted by Gasteiger charge is 2.36. The van der Waals surface area contributed by atoms with E-state index in [4.69, 9.17) is 9.47 Å². The van der Waals surface area contributed by atoms with Gasteiger partial charge in [-0.05, 0) is 18.1 Å². The topological polar surface area (TPSA) is 78.7 Å². The molecule has 0 amide bonds. The summed E-state index contributed by atoms with van der Waals surface area (Å²) >= 11 is 0. The zero-order valence-corrected chi connectivity index (χ0v) is 13.8. The van der Waals surface area contributed by atoms with Crippen molar-refractivity contribution < 1.29 is 19.2 Å². The first-order valence-electron chi connectivity index (χ1n) is 8.12.